The van der Waals surface area contributed by atoms with Crippen LogP contribution in [0.1, 0.15) is 40.0 Å². The van der Waals surface area contributed by atoms with Crippen LogP contribution in [0.25, 0.3) is 0 Å². The zero-order valence-corrected chi connectivity index (χ0v) is 23.9. The summed E-state index contributed by atoms with van der Waals surface area (Å²) in [6, 6.07) is 10.8. The molecule has 184 valence electrons. The lowest BCUT2D eigenvalue weighted by Crippen LogP contribution is -2.51. The molecule has 3 rings (SSSR count). The first-order chi connectivity index (χ1) is 15.8. The van der Waals surface area contributed by atoms with Gasteiger partial charge >= 0.3 is 0 Å². The molecule has 0 bridgehead atoms. The van der Waals surface area contributed by atoms with Gasteiger partial charge in [0.1, 0.15) is 0 Å². The molecule has 1 saturated carbocycles. The van der Waals surface area contributed by atoms with Crippen molar-refractivity contribution in [3.05, 3.63) is 56.5 Å². The first-order valence-corrected chi connectivity index (χ1v) is 13.2. The van der Waals surface area contributed by atoms with Gasteiger partial charge in [0.2, 0.25) is 0 Å². The number of hydrogen-bond donors (Lipinski definition) is 4. The molecule has 0 aromatic heterocycles. The summed E-state index contributed by atoms with van der Waals surface area (Å²) in [7, 11) is 0. The Labute approximate surface area is 232 Å². The minimum absolute atomic E-state index is 0.00246. The second kappa shape index (κ2) is 11.4. The number of anilines is 2. The molecular weight excluding hydrogens is 550 g/mol. The van der Waals surface area contributed by atoms with Crippen LogP contribution in [-0.4, -0.2) is 22.8 Å². The standard InChI is InChI=1S/C24H28Cl4N4S2/c1-23(2)10-16(30-22(34)32-20-7-5-15(26)9-18(20)28)11-24(3,12-23)13-29-21(33)31-19-6-4-14(25)8-17(19)27/h4-9,16H,10-13H2,1-3H3,(H2,29,31,33)(H2,30,32,34)/t16-,24-/m0/s1. The summed E-state index contributed by atoms with van der Waals surface area (Å²) in [6.07, 6.45) is 2.99. The average molecular weight is 578 g/mol. The zero-order valence-electron chi connectivity index (χ0n) is 19.2. The highest BCUT2D eigenvalue weighted by atomic mass is 35.5. The van der Waals surface area contributed by atoms with Gasteiger partial charge in [-0.05, 0) is 90.9 Å². The average Bonchev–Trinajstić information content (AvgIpc) is 2.69. The maximum atomic E-state index is 6.28. The van der Waals surface area contributed by atoms with E-state index in [1.54, 1.807) is 24.3 Å². The molecule has 1 aliphatic carbocycles. The molecular formula is C24H28Cl4N4S2. The van der Waals surface area contributed by atoms with Crippen molar-refractivity contribution in [3.63, 3.8) is 0 Å². The van der Waals surface area contributed by atoms with Crippen LogP contribution >= 0.6 is 70.8 Å². The molecule has 34 heavy (non-hydrogen) atoms. The monoisotopic (exact) mass is 576 g/mol. The van der Waals surface area contributed by atoms with E-state index in [0.717, 1.165) is 37.2 Å². The zero-order chi connectivity index (χ0) is 25.1. The number of nitrogens with one attached hydrogen (secondary N) is 4. The van der Waals surface area contributed by atoms with Crippen molar-refractivity contribution in [2.75, 3.05) is 17.2 Å². The summed E-state index contributed by atoms with van der Waals surface area (Å²) in [5.74, 6) is 0. The van der Waals surface area contributed by atoms with E-state index in [4.69, 9.17) is 70.8 Å². The third kappa shape index (κ3) is 8.00. The Hall–Kier alpha value is -1.02. The lowest BCUT2D eigenvalue weighted by Gasteiger charge is -2.47. The Morgan fingerprint density at radius 3 is 1.91 bits per heavy atom. The summed E-state index contributed by atoms with van der Waals surface area (Å²) in [5, 5.41) is 16.5. The number of halogens is 4. The van der Waals surface area contributed by atoms with Crippen molar-refractivity contribution >= 4 is 92.4 Å². The van der Waals surface area contributed by atoms with Gasteiger partial charge < -0.3 is 21.3 Å². The first kappa shape index (κ1) is 27.6. The number of benzene rings is 2. The molecule has 0 spiro atoms. The van der Waals surface area contributed by atoms with E-state index in [9.17, 15) is 0 Å². The quantitative estimate of drug-likeness (QED) is 0.269. The third-order valence-electron chi connectivity index (χ3n) is 5.81. The molecule has 0 unspecified atom stereocenters. The number of hydrogen-bond acceptors (Lipinski definition) is 2. The van der Waals surface area contributed by atoms with E-state index in [0.29, 0.717) is 30.3 Å². The molecule has 4 N–H and O–H groups in total. The fourth-order valence-electron chi connectivity index (χ4n) is 4.86. The first-order valence-electron chi connectivity index (χ1n) is 10.9. The molecule has 1 fully saturated rings. The molecule has 0 saturated heterocycles. The number of rotatable bonds is 5. The van der Waals surface area contributed by atoms with Gasteiger partial charge in [0, 0.05) is 22.6 Å². The van der Waals surface area contributed by atoms with Crippen LogP contribution in [0.5, 0.6) is 0 Å². The van der Waals surface area contributed by atoms with E-state index >= 15 is 0 Å². The van der Waals surface area contributed by atoms with E-state index < -0.39 is 0 Å². The summed E-state index contributed by atoms with van der Waals surface area (Å²) < 4.78 is 0. The molecule has 10 heteroatoms. The van der Waals surface area contributed by atoms with Gasteiger partial charge in [0.15, 0.2) is 10.2 Å². The Morgan fingerprint density at radius 1 is 0.853 bits per heavy atom. The molecule has 0 aliphatic heterocycles. The topological polar surface area (TPSA) is 48.1 Å². The van der Waals surface area contributed by atoms with Crippen molar-refractivity contribution in [2.45, 2.75) is 46.1 Å². The SMILES string of the molecule is CC1(C)C[C@H](NC(=S)Nc2ccc(Cl)cc2Cl)C[C@](C)(CNC(=S)Nc2ccc(Cl)cc2Cl)C1. The van der Waals surface area contributed by atoms with Crippen LogP contribution in [0.15, 0.2) is 36.4 Å². The molecule has 1 aliphatic rings. The van der Waals surface area contributed by atoms with Crippen molar-refractivity contribution in [1.29, 1.82) is 0 Å². The van der Waals surface area contributed by atoms with Crippen LogP contribution < -0.4 is 21.3 Å². The number of thiocarbonyl (C=S) groups is 2. The highest BCUT2D eigenvalue weighted by molar-refractivity contribution is 7.80. The second-order valence-electron chi connectivity index (χ2n) is 9.91. The highest BCUT2D eigenvalue weighted by Crippen LogP contribution is 2.45. The van der Waals surface area contributed by atoms with Crippen LogP contribution in [0.3, 0.4) is 0 Å². The molecule has 0 amide bonds. The smallest absolute Gasteiger partial charge is 0.171 e. The van der Waals surface area contributed by atoms with E-state index in [2.05, 4.69) is 42.0 Å². The predicted molar refractivity (Wildman–Crippen MR) is 156 cm³/mol. The van der Waals surface area contributed by atoms with Gasteiger partial charge in [-0.25, -0.2) is 0 Å². The van der Waals surface area contributed by atoms with Crippen molar-refractivity contribution in [3.8, 4) is 0 Å². The Kier molecular flexibility index (Phi) is 9.21. The van der Waals surface area contributed by atoms with Gasteiger partial charge in [-0.1, -0.05) is 67.2 Å². The fourth-order valence-corrected chi connectivity index (χ4v) is 6.23. The molecule has 0 heterocycles. The van der Waals surface area contributed by atoms with Crippen molar-refractivity contribution in [2.24, 2.45) is 10.8 Å². The van der Waals surface area contributed by atoms with Crippen LogP contribution in [-0.2, 0) is 0 Å². The predicted octanol–water partition coefficient (Wildman–Crippen LogP) is 8.16. The van der Waals surface area contributed by atoms with Crippen molar-refractivity contribution in [1.82, 2.24) is 10.6 Å². The van der Waals surface area contributed by atoms with Gasteiger partial charge in [-0.3, -0.25) is 0 Å². The van der Waals surface area contributed by atoms with Crippen LogP contribution in [0, 0.1) is 10.8 Å². The van der Waals surface area contributed by atoms with Gasteiger partial charge in [0.05, 0.1) is 21.4 Å². The van der Waals surface area contributed by atoms with Gasteiger partial charge in [-0.15, -0.1) is 0 Å². The summed E-state index contributed by atoms with van der Waals surface area (Å²) in [4.78, 5) is 0. The molecule has 2 atom stereocenters. The summed E-state index contributed by atoms with van der Waals surface area (Å²) in [5.41, 5.74) is 1.58. The Morgan fingerprint density at radius 2 is 1.38 bits per heavy atom. The largest absolute Gasteiger partial charge is 0.362 e. The lowest BCUT2D eigenvalue weighted by molar-refractivity contribution is 0.0807. The van der Waals surface area contributed by atoms with E-state index in [1.165, 1.54) is 0 Å². The second-order valence-corrected chi connectivity index (χ2v) is 12.4. The summed E-state index contributed by atoms with van der Waals surface area (Å²) >= 11 is 35.6. The minimum atomic E-state index is 0.00246. The Balaban J connectivity index is 1.59. The Bertz CT molecular complexity index is 1080. The molecule has 0 radical (unpaired) electrons. The van der Waals surface area contributed by atoms with Crippen molar-refractivity contribution < 1.29 is 0 Å². The maximum absolute atomic E-state index is 6.28. The summed E-state index contributed by atoms with van der Waals surface area (Å²) in [6.45, 7) is 7.57. The minimum Gasteiger partial charge on any atom is -0.362 e. The van der Waals surface area contributed by atoms with E-state index in [-0.39, 0.29) is 16.9 Å². The maximum Gasteiger partial charge on any atom is 0.171 e. The highest BCUT2D eigenvalue weighted by Gasteiger charge is 2.41. The van der Waals surface area contributed by atoms with Gasteiger partial charge in [-0.2, -0.15) is 0 Å². The van der Waals surface area contributed by atoms with Crippen LogP contribution in [0.2, 0.25) is 20.1 Å². The third-order valence-corrected chi connectivity index (χ3v) is 7.38. The molecule has 2 aromatic carbocycles. The fraction of sp³-hybridized carbons (Fsp3) is 0.417. The van der Waals surface area contributed by atoms with Crippen LogP contribution in [0.4, 0.5) is 11.4 Å². The lowest BCUT2D eigenvalue weighted by atomic mass is 9.62. The van der Waals surface area contributed by atoms with Gasteiger partial charge in [0.25, 0.3) is 0 Å². The molecule has 4 nitrogen and oxygen atoms in total. The molecule has 2 aromatic rings. The van der Waals surface area contributed by atoms with E-state index in [1.807, 2.05) is 12.1 Å². The normalized spacial score (nSPS) is 21.4.